The zero-order chi connectivity index (χ0) is 18.5. The molecule has 2 aromatic carbocycles. The van der Waals surface area contributed by atoms with E-state index in [1.807, 2.05) is 30.3 Å². The number of nitrogens with zero attached hydrogens (tertiary/aromatic N) is 2. The van der Waals surface area contributed by atoms with Gasteiger partial charge in [-0.1, -0.05) is 24.3 Å². The maximum atomic E-state index is 11.5. The summed E-state index contributed by atoms with van der Waals surface area (Å²) in [6, 6.07) is 14.6. The van der Waals surface area contributed by atoms with E-state index in [0.717, 1.165) is 5.69 Å². The van der Waals surface area contributed by atoms with E-state index in [0.29, 0.717) is 34.3 Å². The van der Waals surface area contributed by atoms with Crippen LogP contribution in [0.3, 0.4) is 0 Å². The number of nitrogens with two attached hydrogens (primary N) is 1. The first-order valence-electron chi connectivity index (χ1n) is 7.97. The van der Waals surface area contributed by atoms with Gasteiger partial charge >= 0.3 is 0 Å². The van der Waals surface area contributed by atoms with Gasteiger partial charge < -0.3 is 21.1 Å². The van der Waals surface area contributed by atoms with Crippen molar-refractivity contribution in [3.8, 4) is 5.75 Å². The monoisotopic (exact) mass is 349 g/mol. The highest BCUT2D eigenvalue weighted by molar-refractivity contribution is 5.95. The number of aromatic nitrogens is 2. The third kappa shape index (κ3) is 3.72. The van der Waals surface area contributed by atoms with Crippen LogP contribution in [0.2, 0.25) is 0 Å². The molecule has 0 saturated carbocycles. The van der Waals surface area contributed by atoms with Crippen LogP contribution < -0.4 is 21.1 Å². The number of Topliss-reactive ketones (excluding diaryl/α,β-unsaturated/α-hetero) is 1. The Morgan fingerprint density at radius 3 is 2.50 bits per heavy atom. The standard InChI is InChI=1S/C19H19N5O2/c1-12(25)13-6-5-7-14(10-13)23-18-17(20)19(22-11-21-18)24-15-8-3-4-9-16(15)26-2/h3-11H,20H2,1-2H3,(H2,21,22,23,24). The number of anilines is 5. The Kier molecular flexibility index (Phi) is 4.98. The normalized spacial score (nSPS) is 10.2. The van der Waals surface area contributed by atoms with Crippen LogP contribution in [0, 0.1) is 0 Å². The van der Waals surface area contributed by atoms with Crippen molar-refractivity contribution in [3.63, 3.8) is 0 Å². The number of methoxy groups -OCH3 is 1. The number of ether oxygens (including phenoxy) is 1. The van der Waals surface area contributed by atoms with Crippen LogP contribution in [0.1, 0.15) is 17.3 Å². The minimum atomic E-state index is -0.0113. The summed E-state index contributed by atoms with van der Waals surface area (Å²) in [7, 11) is 1.60. The molecule has 0 saturated heterocycles. The van der Waals surface area contributed by atoms with Crippen LogP contribution >= 0.6 is 0 Å². The van der Waals surface area contributed by atoms with Gasteiger partial charge in [0, 0.05) is 11.3 Å². The second kappa shape index (κ2) is 7.52. The van der Waals surface area contributed by atoms with Crippen LogP contribution in [0.25, 0.3) is 0 Å². The molecule has 0 bridgehead atoms. The first-order chi connectivity index (χ1) is 12.6. The molecule has 3 rings (SSSR count). The van der Waals surface area contributed by atoms with Gasteiger partial charge in [0.25, 0.3) is 0 Å². The van der Waals surface area contributed by atoms with Crippen LogP contribution in [0.4, 0.5) is 28.7 Å². The topological polar surface area (TPSA) is 102 Å². The van der Waals surface area contributed by atoms with Gasteiger partial charge in [0.05, 0.1) is 12.8 Å². The Hall–Kier alpha value is -3.61. The lowest BCUT2D eigenvalue weighted by atomic mass is 10.1. The largest absolute Gasteiger partial charge is 0.495 e. The zero-order valence-corrected chi connectivity index (χ0v) is 14.5. The minimum Gasteiger partial charge on any atom is -0.495 e. The van der Waals surface area contributed by atoms with Gasteiger partial charge in [-0.25, -0.2) is 9.97 Å². The summed E-state index contributed by atoms with van der Waals surface area (Å²) < 4.78 is 5.32. The lowest BCUT2D eigenvalue weighted by Gasteiger charge is -2.14. The van der Waals surface area contributed by atoms with Gasteiger partial charge in [0.2, 0.25) is 0 Å². The van der Waals surface area contributed by atoms with E-state index in [9.17, 15) is 4.79 Å². The number of carbonyl (C=O) groups excluding carboxylic acids is 1. The quantitative estimate of drug-likeness (QED) is 0.582. The number of benzene rings is 2. The van der Waals surface area contributed by atoms with Crippen LogP contribution in [-0.2, 0) is 0 Å². The highest BCUT2D eigenvalue weighted by Gasteiger charge is 2.11. The maximum Gasteiger partial charge on any atom is 0.159 e. The van der Waals surface area contributed by atoms with Gasteiger partial charge in [-0.2, -0.15) is 0 Å². The Labute approximate surface area is 151 Å². The first-order valence-corrected chi connectivity index (χ1v) is 7.97. The van der Waals surface area contributed by atoms with Crippen LogP contribution in [-0.4, -0.2) is 22.9 Å². The molecule has 0 radical (unpaired) electrons. The first kappa shape index (κ1) is 17.2. The third-order valence-corrected chi connectivity index (χ3v) is 3.78. The Morgan fingerprint density at radius 1 is 1.04 bits per heavy atom. The molecule has 0 amide bonds. The van der Waals surface area contributed by atoms with Gasteiger partial charge in [-0.05, 0) is 31.2 Å². The second-order valence-corrected chi connectivity index (χ2v) is 5.57. The molecule has 0 aliphatic rings. The fraction of sp³-hybridized carbons (Fsp3) is 0.105. The number of carbonyl (C=O) groups is 1. The average molecular weight is 349 g/mol. The summed E-state index contributed by atoms with van der Waals surface area (Å²) >= 11 is 0. The van der Waals surface area contributed by atoms with Gasteiger partial charge in [0.15, 0.2) is 17.4 Å². The molecule has 4 N–H and O–H groups in total. The molecule has 0 unspecified atom stereocenters. The highest BCUT2D eigenvalue weighted by Crippen LogP contribution is 2.31. The maximum absolute atomic E-state index is 11.5. The summed E-state index contributed by atoms with van der Waals surface area (Å²) in [5.74, 6) is 1.56. The van der Waals surface area contributed by atoms with E-state index in [2.05, 4.69) is 20.6 Å². The molecule has 0 atom stereocenters. The molecule has 0 fully saturated rings. The second-order valence-electron chi connectivity index (χ2n) is 5.57. The van der Waals surface area contributed by atoms with E-state index < -0.39 is 0 Å². The molecule has 1 heterocycles. The number of hydrogen-bond donors (Lipinski definition) is 3. The van der Waals surface area contributed by atoms with Crippen molar-refractivity contribution in [1.29, 1.82) is 0 Å². The molecular weight excluding hydrogens is 330 g/mol. The van der Waals surface area contributed by atoms with Crippen molar-refractivity contribution in [2.75, 3.05) is 23.5 Å². The molecule has 132 valence electrons. The molecule has 0 aliphatic heterocycles. The third-order valence-electron chi connectivity index (χ3n) is 3.78. The fourth-order valence-corrected chi connectivity index (χ4v) is 2.42. The summed E-state index contributed by atoms with van der Waals surface area (Å²) in [4.78, 5) is 19.9. The summed E-state index contributed by atoms with van der Waals surface area (Å²) in [6.45, 7) is 1.52. The molecule has 0 spiro atoms. The molecule has 0 aliphatic carbocycles. The van der Waals surface area contributed by atoms with Crippen molar-refractivity contribution < 1.29 is 9.53 Å². The van der Waals surface area contributed by atoms with Gasteiger partial charge in [0.1, 0.15) is 17.8 Å². The summed E-state index contributed by atoms with van der Waals surface area (Å²) in [5, 5.41) is 6.27. The van der Waals surface area contributed by atoms with Gasteiger partial charge in [-0.15, -0.1) is 0 Å². The van der Waals surface area contributed by atoms with Crippen LogP contribution in [0.15, 0.2) is 54.9 Å². The number of hydrogen-bond acceptors (Lipinski definition) is 7. The van der Waals surface area contributed by atoms with Crippen molar-refractivity contribution >= 4 is 34.5 Å². The predicted molar refractivity (Wildman–Crippen MR) is 102 cm³/mol. The smallest absolute Gasteiger partial charge is 0.159 e. The SMILES string of the molecule is COc1ccccc1Nc1ncnc(Nc2cccc(C(C)=O)c2)c1N. The molecule has 26 heavy (non-hydrogen) atoms. The minimum absolute atomic E-state index is 0.0113. The van der Waals surface area contributed by atoms with E-state index in [-0.39, 0.29) is 5.78 Å². The van der Waals surface area contributed by atoms with Gasteiger partial charge in [-0.3, -0.25) is 4.79 Å². The predicted octanol–water partition coefficient (Wildman–Crippen LogP) is 3.76. The number of nitrogens with one attached hydrogen (secondary N) is 2. The summed E-state index contributed by atoms with van der Waals surface area (Å²) in [6.07, 6.45) is 1.41. The number of rotatable bonds is 6. The lowest BCUT2D eigenvalue weighted by molar-refractivity contribution is 0.101. The Morgan fingerprint density at radius 2 is 1.77 bits per heavy atom. The molecule has 7 heteroatoms. The fourth-order valence-electron chi connectivity index (χ4n) is 2.42. The van der Waals surface area contributed by atoms with Crippen molar-refractivity contribution in [2.45, 2.75) is 6.92 Å². The van der Waals surface area contributed by atoms with Crippen LogP contribution in [0.5, 0.6) is 5.75 Å². The number of nitrogen functional groups attached to an aromatic ring is 1. The Balaban J connectivity index is 1.88. The van der Waals surface area contributed by atoms with Crippen molar-refractivity contribution in [1.82, 2.24) is 9.97 Å². The van der Waals surface area contributed by atoms with E-state index in [4.69, 9.17) is 10.5 Å². The van der Waals surface area contributed by atoms with E-state index in [1.165, 1.54) is 13.3 Å². The zero-order valence-electron chi connectivity index (χ0n) is 14.5. The number of ketones is 1. The molecule has 1 aromatic heterocycles. The van der Waals surface area contributed by atoms with Crippen molar-refractivity contribution in [3.05, 3.63) is 60.4 Å². The molecule has 7 nitrogen and oxygen atoms in total. The lowest BCUT2D eigenvalue weighted by Crippen LogP contribution is -2.06. The molecule has 3 aromatic rings. The molecular formula is C19H19N5O2. The highest BCUT2D eigenvalue weighted by atomic mass is 16.5. The Bertz CT molecular complexity index is 943. The van der Waals surface area contributed by atoms with Crippen molar-refractivity contribution in [2.24, 2.45) is 0 Å². The van der Waals surface area contributed by atoms with E-state index in [1.54, 1.807) is 25.3 Å². The average Bonchev–Trinajstić information content (AvgIpc) is 2.65. The van der Waals surface area contributed by atoms with E-state index >= 15 is 0 Å². The summed E-state index contributed by atoms with van der Waals surface area (Å²) in [5.41, 5.74) is 8.63. The number of para-hydroxylation sites is 2.